The fraction of sp³-hybridized carbons (Fsp3) is 1.00. The van der Waals surface area contributed by atoms with Crippen LogP contribution in [0.25, 0.3) is 0 Å². The van der Waals surface area contributed by atoms with Crippen LogP contribution in [-0.4, -0.2) is 35.6 Å². The van der Waals surface area contributed by atoms with Gasteiger partial charge in [-0.2, -0.15) is 0 Å². The predicted molar refractivity (Wildman–Crippen MR) is 69.8 cm³/mol. The Balaban J connectivity index is 2.08. The van der Waals surface area contributed by atoms with Crippen molar-refractivity contribution >= 4 is 0 Å². The molecular formula is C14H28N2. The van der Waals surface area contributed by atoms with E-state index in [0.717, 1.165) is 0 Å². The lowest BCUT2D eigenvalue weighted by Crippen LogP contribution is -2.68. The van der Waals surface area contributed by atoms with Crippen LogP contribution in [0.15, 0.2) is 0 Å². The molecule has 1 N–H and O–H groups in total. The summed E-state index contributed by atoms with van der Waals surface area (Å²) in [6, 6.07) is 0. The van der Waals surface area contributed by atoms with E-state index in [2.05, 4.69) is 31.0 Å². The third kappa shape index (κ3) is 2.14. The van der Waals surface area contributed by atoms with E-state index in [1.54, 1.807) is 0 Å². The quantitative estimate of drug-likeness (QED) is 0.793. The van der Waals surface area contributed by atoms with Crippen molar-refractivity contribution in [1.29, 1.82) is 0 Å². The molecule has 0 aromatic heterocycles. The maximum atomic E-state index is 3.88. The second kappa shape index (κ2) is 4.66. The lowest BCUT2D eigenvalue weighted by atomic mass is 9.85. The van der Waals surface area contributed by atoms with E-state index in [1.165, 1.54) is 58.2 Å². The monoisotopic (exact) mass is 224 g/mol. The van der Waals surface area contributed by atoms with Crippen LogP contribution in [0.4, 0.5) is 0 Å². The SMILES string of the molecule is CCCN1CC2(CCCC2)NCC1(C)CC. The molecule has 1 saturated heterocycles. The number of rotatable bonds is 3. The third-order valence-corrected chi connectivity index (χ3v) is 4.92. The van der Waals surface area contributed by atoms with Gasteiger partial charge in [0, 0.05) is 24.2 Å². The molecule has 0 radical (unpaired) electrons. The van der Waals surface area contributed by atoms with Gasteiger partial charge in [0.05, 0.1) is 0 Å². The summed E-state index contributed by atoms with van der Waals surface area (Å²) in [5, 5.41) is 3.88. The van der Waals surface area contributed by atoms with E-state index < -0.39 is 0 Å². The lowest BCUT2D eigenvalue weighted by molar-refractivity contribution is 0.0145. The molecule has 1 atom stereocenters. The first-order chi connectivity index (χ1) is 7.64. The second-order valence-electron chi connectivity index (χ2n) is 6.11. The van der Waals surface area contributed by atoms with Gasteiger partial charge in [-0.05, 0) is 39.2 Å². The third-order valence-electron chi connectivity index (χ3n) is 4.92. The Labute approximate surface area is 101 Å². The van der Waals surface area contributed by atoms with Crippen LogP contribution in [0.1, 0.15) is 59.3 Å². The highest BCUT2D eigenvalue weighted by molar-refractivity contribution is 5.04. The van der Waals surface area contributed by atoms with Gasteiger partial charge in [0.1, 0.15) is 0 Å². The average molecular weight is 224 g/mol. The molecule has 94 valence electrons. The molecule has 0 bridgehead atoms. The fourth-order valence-electron chi connectivity index (χ4n) is 3.46. The summed E-state index contributed by atoms with van der Waals surface area (Å²) >= 11 is 0. The molecule has 1 aliphatic carbocycles. The van der Waals surface area contributed by atoms with Crippen molar-refractivity contribution in [3.8, 4) is 0 Å². The minimum atomic E-state index is 0.393. The molecule has 2 rings (SSSR count). The van der Waals surface area contributed by atoms with Crippen LogP contribution in [0, 0.1) is 0 Å². The van der Waals surface area contributed by atoms with Gasteiger partial charge >= 0.3 is 0 Å². The zero-order valence-electron chi connectivity index (χ0n) is 11.3. The van der Waals surface area contributed by atoms with Crippen molar-refractivity contribution in [2.24, 2.45) is 0 Å². The van der Waals surface area contributed by atoms with Gasteiger partial charge in [0.2, 0.25) is 0 Å². The summed E-state index contributed by atoms with van der Waals surface area (Å²) in [6.07, 6.45) is 8.19. The standard InChI is InChI=1S/C14H28N2/c1-4-10-16-12-14(8-6-7-9-14)15-11-13(16,3)5-2/h15H,4-12H2,1-3H3. The highest BCUT2D eigenvalue weighted by Gasteiger charge is 2.44. The Kier molecular flexibility index (Phi) is 3.60. The van der Waals surface area contributed by atoms with E-state index >= 15 is 0 Å². The topological polar surface area (TPSA) is 15.3 Å². The molecule has 0 aromatic rings. The van der Waals surface area contributed by atoms with E-state index in [0.29, 0.717) is 11.1 Å². The molecular weight excluding hydrogens is 196 g/mol. The molecule has 16 heavy (non-hydrogen) atoms. The summed E-state index contributed by atoms with van der Waals surface area (Å²) in [6.45, 7) is 10.8. The molecule has 0 amide bonds. The van der Waals surface area contributed by atoms with Crippen LogP contribution in [0.5, 0.6) is 0 Å². The van der Waals surface area contributed by atoms with Crippen molar-refractivity contribution < 1.29 is 0 Å². The van der Waals surface area contributed by atoms with Gasteiger partial charge < -0.3 is 5.32 Å². The minimum Gasteiger partial charge on any atom is -0.308 e. The Bertz CT molecular complexity index is 233. The van der Waals surface area contributed by atoms with Gasteiger partial charge in [0.15, 0.2) is 0 Å². The maximum absolute atomic E-state index is 3.88. The van der Waals surface area contributed by atoms with E-state index in [9.17, 15) is 0 Å². The molecule has 1 heterocycles. The van der Waals surface area contributed by atoms with Crippen molar-refractivity contribution in [3.05, 3.63) is 0 Å². The smallest absolute Gasteiger partial charge is 0.0309 e. The van der Waals surface area contributed by atoms with Crippen molar-refractivity contribution in [3.63, 3.8) is 0 Å². The molecule has 0 aromatic carbocycles. The van der Waals surface area contributed by atoms with Crippen LogP contribution >= 0.6 is 0 Å². The van der Waals surface area contributed by atoms with Crippen LogP contribution in [0.2, 0.25) is 0 Å². The summed E-state index contributed by atoms with van der Waals surface area (Å²) in [5.74, 6) is 0. The summed E-state index contributed by atoms with van der Waals surface area (Å²) < 4.78 is 0. The van der Waals surface area contributed by atoms with Gasteiger partial charge in [-0.3, -0.25) is 4.90 Å². The van der Waals surface area contributed by atoms with Gasteiger partial charge in [0.25, 0.3) is 0 Å². The summed E-state index contributed by atoms with van der Waals surface area (Å²) in [4.78, 5) is 2.76. The summed E-state index contributed by atoms with van der Waals surface area (Å²) in [7, 11) is 0. The maximum Gasteiger partial charge on any atom is 0.0309 e. The fourth-order valence-corrected chi connectivity index (χ4v) is 3.46. The second-order valence-corrected chi connectivity index (χ2v) is 6.11. The van der Waals surface area contributed by atoms with Crippen molar-refractivity contribution in [2.45, 2.75) is 70.4 Å². The highest BCUT2D eigenvalue weighted by Crippen LogP contribution is 2.36. The Morgan fingerprint density at radius 1 is 1.19 bits per heavy atom. The van der Waals surface area contributed by atoms with Crippen molar-refractivity contribution in [1.82, 2.24) is 10.2 Å². The Morgan fingerprint density at radius 3 is 2.44 bits per heavy atom. The van der Waals surface area contributed by atoms with Gasteiger partial charge in [-0.15, -0.1) is 0 Å². The molecule has 2 aliphatic rings. The number of nitrogens with zero attached hydrogens (tertiary/aromatic N) is 1. The van der Waals surface area contributed by atoms with Crippen molar-refractivity contribution in [2.75, 3.05) is 19.6 Å². The number of hydrogen-bond donors (Lipinski definition) is 1. The Hall–Kier alpha value is -0.0800. The van der Waals surface area contributed by atoms with Crippen LogP contribution in [0.3, 0.4) is 0 Å². The zero-order valence-corrected chi connectivity index (χ0v) is 11.3. The van der Waals surface area contributed by atoms with E-state index in [1.807, 2.05) is 0 Å². The molecule has 2 fully saturated rings. The summed E-state index contributed by atoms with van der Waals surface area (Å²) in [5.41, 5.74) is 0.869. The normalized spacial score (nSPS) is 34.7. The molecule has 1 spiro atoms. The van der Waals surface area contributed by atoms with E-state index in [-0.39, 0.29) is 0 Å². The number of nitrogens with one attached hydrogen (secondary N) is 1. The Morgan fingerprint density at radius 2 is 1.88 bits per heavy atom. The lowest BCUT2D eigenvalue weighted by Gasteiger charge is -2.52. The van der Waals surface area contributed by atoms with E-state index in [4.69, 9.17) is 0 Å². The number of piperazine rings is 1. The van der Waals surface area contributed by atoms with Crippen LogP contribution in [-0.2, 0) is 0 Å². The first kappa shape index (κ1) is 12.4. The van der Waals surface area contributed by atoms with Gasteiger partial charge in [-0.1, -0.05) is 26.7 Å². The molecule has 1 unspecified atom stereocenters. The zero-order chi connectivity index (χ0) is 11.6. The minimum absolute atomic E-state index is 0.393. The van der Waals surface area contributed by atoms with Crippen LogP contribution < -0.4 is 5.32 Å². The molecule has 2 heteroatoms. The first-order valence-corrected chi connectivity index (χ1v) is 7.14. The molecule has 1 saturated carbocycles. The first-order valence-electron chi connectivity index (χ1n) is 7.14. The van der Waals surface area contributed by atoms with Gasteiger partial charge in [-0.25, -0.2) is 0 Å². The molecule has 1 aliphatic heterocycles. The average Bonchev–Trinajstić information content (AvgIpc) is 2.73. The highest BCUT2D eigenvalue weighted by atomic mass is 15.3. The number of hydrogen-bond acceptors (Lipinski definition) is 2. The largest absolute Gasteiger partial charge is 0.308 e. The predicted octanol–water partition coefficient (Wildman–Crippen LogP) is 2.78. The molecule has 2 nitrogen and oxygen atoms in total.